The van der Waals surface area contributed by atoms with Crippen LogP contribution >= 0.6 is 11.3 Å². The van der Waals surface area contributed by atoms with Gasteiger partial charge in [-0.25, -0.2) is 23.4 Å². The monoisotopic (exact) mass is 426 g/mol. The zero-order valence-electron chi connectivity index (χ0n) is 15.5. The maximum absolute atomic E-state index is 12.5. The Morgan fingerprint density at radius 1 is 1.07 bits per heavy atom. The Balaban J connectivity index is 1.46. The van der Waals surface area contributed by atoms with Gasteiger partial charge in [0.25, 0.3) is 10.0 Å². The van der Waals surface area contributed by atoms with E-state index in [1.165, 1.54) is 17.7 Å². The molecule has 0 saturated heterocycles. The lowest BCUT2D eigenvalue weighted by atomic mass is 10.3. The quantitative estimate of drug-likeness (QED) is 0.466. The van der Waals surface area contributed by atoms with E-state index < -0.39 is 10.0 Å². The second kappa shape index (κ2) is 8.02. The van der Waals surface area contributed by atoms with Crippen LogP contribution in [-0.4, -0.2) is 27.9 Å². The first kappa shape index (κ1) is 19.1. The second-order valence-corrected chi connectivity index (χ2v) is 9.19. The number of imidazole rings is 1. The van der Waals surface area contributed by atoms with Gasteiger partial charge in [0.1, 0.15) is 28.5 Å². The molecule has 3 aromatic heterocycles. The lowest BCUT2D eigenvalue weighted by Crippen LogP contribution is -2.11. The predicted molar refractivity (Wildman–Crippen MR) is 113 cm³/mol. The molecular weight excluding hydrogens is 408 g/mol. The molecule has 4 aromatic rings. The highest BCUT2D eigenvalue weighted by atomic mass is 32.2. The van der Waals surface area contributed by atoms with E-state index in [2.05, 4.69) is 25.0 Å². The van der Waals surface area contributed by atoms with Crippen LogP contribution in [0.2, 0.25) is 0 Å². The third kappa shape index (κ3) is 4.44. The van der Waals surface area contributed by atoms with Gasteiger partial charge < -0.3 is 5.32 Å². The van der Waals surface area contributed by atoms with Gasteiger partial charge in [0, 0.05) is 34.7 Å². The molecule has 0 aliphatic heterocycles. The number of sulfonamides is 1. The highest BCUT2D eigenvalue weighted by Gasteiger charge is 2.16. The van der Waals surface area contributed by atoms with Crippen molar-refractivity contribution in [1.29, 1.82) is 0 Å². The Labute approximate surface area is 172 Å². The first-order valence-corrected chi connectivity index (χ1v) is 11.1. The topological polar surface area (TPSA) is 102 Å². The molecule has 0 spiro atoms. The molecule has 1 aromatic carbocycles. The molecule has 4 rings (SSSR count). The molecule has 10 heteroatoms. The molecule has 3 heterocycles. The summed E-state index contributed by atoms with van der Waals surface area (Å²) in [5, 5.41) is 3.18. The summed E-state index contributed by atoms with van der Waals surface area (Å²) in [5.74, 6) is 1.30. The highest BCUT2D eigenvalue weighted by Crippen LogP contribution is 2.25. The molecule has 29 heavy (non-hydrogen) atoms. The van der Waals surface area contributed by atoms with Gasteiger partial charge in [0.2, 0.25) is 0 Å². The predicted octanol–water partition coefficient (Wildman–Crippen LogP) is 3.83. The van der Waals surface area contributed by atoms with E-state index in [-0.39, 0.29) is 0 Å². The lowest BCUT2D eigenvalue weighted by Gasteiger charge is -2.09. The molecule has 2 N–H and O–H groups in total. The van der Waals surface area contributed by atoms with E-state index in [1.807, 2.05) is 13.0 Å². The van der Waals surface area contributed by atoms with Gasteiger partial charge in [-0.3, -0.25) is 9.29 Å². The molecule has 0 aliphatic carbocycles. The Bertz CT molecular complexity index is 1200. The summed E-state index contributed by atoms with van der Waals surface area (Å²) < 4.78 is 29.7. The van der Waals surface area contributed by atoms with Crippen molar-refractivity contribution in [2.45, 2.75) is 17.6 Å². The fraction of sp³-hybridized carbons (Fsp3) is 0.105. The number of aryl methyl sites for hydroxylation is 1. The maximum Gasteiger partial charge on any atom is 0.271 e. The minimum Gasteiger partial charge on any atom is -0.340 e. The molecule has 8 nitrogen and oxygen atoms in total. The molecule has 0 aliphatic rings. The van der Waals surface area contributed by atoms with Crippen LogP contribution in [0.3, 0.4) is 0 Å². The number of thiophene rings is 1. The number of rotatable bonds is 7. The summed E-state index contributed by atoms with van der Waals surface area (Å²) in [6.45, 7) is 2.00. The Hall–Kier alpha value is -3.24. The zero-order valence-corrected chi connectivity index (χ0v) is 17.1. The van der Waals surface area contributed by atoms with Crippen molar-refractivity contribution in [3.05, 3.63) is 72.4 Å². The van der Waals surface area contributed by atoms with Crippen molar-refractivity contribution in [1.82, 2.24) is 19.5 Å². The molecule has 0 saturated carbocycles. The van der Waals surface area contributed by atoms with Crippen LogP contribution in [0.1, 0.15) is 11.8 Å². The van der Waals surface area contributed by atoms with Gasteiger partial charge >= 0.3 is 0 Å². The molecule has 0 radical (unpaired) electrons. The van der Waals surface area contributed by atoms with Crippen molar-refractivity contribution in [2.75, 3.05) is 10.0 Å². The Morgan fingerprint density at radius 2 is 1.86 bits per heavy atom. The van der Waals surface area contributed by atoms with Crippen LogP contribution in [0, 0.1) is 0 Å². The van der Waals surface area contributed by atoms with Crippen molar-refractivity contribution >= 4 is 38.6 Å². The summed E-state index contributed by atoms with van der Waals surface area (Å²) in [7, 11) is -3.59. The number of nitrogens with one attached hydrogen (secondary N) is 2. The number of hydrogen-bond donors (Lipinski definition) is 2. The average molecular weight is 427 g/mol. The van der Waals surface area contributed by atoms with E-state index in [9.17, 15) is 8.42 Å². The third-order valence-corrected chi connectivity index (χ3v) is 7.18. The first-order chi connectivity index (χ1) is 14.0. The minimum atomic E-state index is -3.59. The van der Waals surface area contributed by atoms with E-state index in [1.54, 1.807) is 59.7 Å². The standard InChI is InChI=1S/C19H18N6O2S2/c1-2-16-7-8-19(28-16)29(26,27)24-15-5-3-14(4-6-15)23-17-11-18(22-12-21-17)25-10-9-20-13-25/h3-13,24H,2H2,1H3,(H,21,22,23). The van der Waals surface area contributed by atoms with E-state index >= 15 is 0 Å². The number of hydrogen-bond acceptors (Lipinski definition) is 7. The van der Waals surface area contributed by atoms with Crippen LogP contribution in [0.5, 0.6) is 0 Å². The van der Waals surface area contributed by atoms with E-state index in [0.29, 0.717) is 21.5 Å². The molecule has 0 unspecified atom stereocenters. The van der Waals surface area contributed by atoms with Crippen LogP contribution in [-0.2, 0) is 16.4 Å². The van der Waals surface area contributed by atoms with Gasteiger partial charge in [0.05, 0.1) is 0 Å². The van der Waals surface area contributed by atoms with Gasteiger partial charge in [-0.2, -0.15) is 0 Å². The fourth-order valence-corrected chi connectivity index (χ4v) is 4.97. The Morgan fingerprint density at radius 3 is 2.55 bits per heavy atom. The highest BCUT2D eigenvalue weighted by molar-refractivity contribution is 7.94. The van der Waals surface area contributed by atoms with Crippen LogP contribution in [0.15, 0.2) is 71.7 Å². The van der Waals surface area contributed by atoms with E-state index in [4.69, 9.17) is 0 Å². The van der Waals surface area contributed by atoms with Crippen LogP contribution in [0.25, 0.3) is 5.82 Å². The van der Waals surface area contributed by atoms with Crippen LogP contribution in [0.4, 0.5) is 17.2 Å². The largest absolute Gasteiger partial charge is 0.340 e. The summed E-state index contributed by atoms with van der Waals surface area (Å²) >= 11 is 1.28. The lowest BCUT2D eigenvalue weighted by molar-refractivity contribution is 0.603. The van der Waals surface area contributed by atoms with E-state index in [0.717, 1.165) is 17.0 Å². The zero-order chi connectivity index (χ0) is 20.3. The first-order valence-electron chi connectivity index (χ1n) is 8.82. The molecule has 0 amide bonds. The molecule has 0 atom stereocenters. The molecule has 0 bridgehead atoms. The summed E-state index contributed by atoms with van der Waals surface area (Å²) in [6.07, 6.45) is 7.40. The summed E-state index contributed by atoms with van der Waals surface area (Å²) in [4.78, 5) is 13.5. The van der Waals surface area contributed by atoms with Gasteiger partial charge in [-0.1, -0.05) is 6.92 Å². The molecular formula is C19H18N6O2S2. The molecule has 0 fully saturated rings. The summed E-state index contributed by atoms with van der Waals surface area (Å²) in [6, 6.07) is 12.2. The number of nitrogens with zero attached hydrogens (tertiary/aromatic N) is 4. The van der Waals surface area contributed by atoms with Gasteiger partial charge in [-0.05, 0) is 42.8 Å². The van der Waals surface area contributed by atoms with Gasteiger partial charge in [0.15, 0.2) is 0 Å². The van der Waals surface area contributed by atoms with Crippen molar-refractivity contribution in [3.8, 4) is 5.82 Å². The number of aromatic nitrogens is 4. The Kier molecular flexibility index (Phi) is 5.28. The normalized spacial score (nSPS) is 11.3. The summed E-state index contributed by atoms with van der Waals surface area (Å²) in [5.41, 5.74) is 1.26. The van der Waals surface area contributed by atoms with Crippen molar-refractivity contribution < 1.29 is 8.42 Å². The minimum absolute atomic E-state index is 0.310. The number of benzene rings is 1. The molecule has 148 valence electrons. The third-order valence-electron chi connectivity index (χ3n) is 4.08. The van der Waals surface area contributed by atoms with Crippen molar-refractivity contribution in [3.63, 3.8) is 0 Å². The second-order valence-electron chi connectivity index (χ2n) is 6.11. The SMILES string of the molecule is CCc1ccc(S(=O)(=O)Nc2ccc(Nc3cc(-n4ccnc4)ncn3)cc2)s1. The smallest absolute Gasteiger partial charge is 0.271 e. The maximum atomic E-state index is 12.5. The van der Waals surface area contributed by atoms with Gasteiger partial charge in [-0.15, -0.1) is 11.3 Å². The van der Waals surface area contributed by atoms with Crippen molar-refractivity contribution in [2.24, 2.45) is 0 Å². The van der Waals surface area contributed by atoms with Crippen LogP contribution < -0.4 is 10.0 Å². The average Bonchev–Trinajstić information content (AvgIpc) is 3.42. The number of anilines is 3. The fourth-order valence-electron chi connectivity index (χ4n) is 2.62.